The Bertz CT molecular complexity index is 739. The molecule has 0 saturated heterocycles. The van der Waals surface area contributed by atoms with Gasteiger partial charge in [-0.1, -0.05) is 12.2 Å². The molecule has 1 aromatic carbocycles. The number of nitrogens with two attached hydrogens (primary N) is 2. The Morgan fingerprint density at radius 1 is 1.46 bits per heavy atom. The lowest BCUT2D eigenvalue weighted by Crippen LogP contribution is -2.12. The Morgan fingerprint density at radius 3 is 2.88 bits per heavy atom. The van der Waals surface area contributed by atoms with Crippen LogP contribution in [-0.2, 0) is 6.54 Å². The first-order chi connectivity index (χ1) is 11.6. The van der Waals surface area contributed by atoms with Crippen LogP contribution < -0.4 is 21.5 Å². The number of primary amides is 1. The Balaban J connectivity index is 2.56. The van der Waals surface area contributed by atoms with Crippen molar-refractivity contribution in [2.24, 2.45) is 11.5 Å². The standard InChI is InChI=1S/C16H23N5O3/c1-19-16-20-12-9-11(15(18)23)10-13(24-8-4-7-22)14(12)21(16)6-3-2-5-17/h2-3,9-10,22H,4-8,17H2,1H3,(H2,18,23)(H,19,20)/b3-2+. The fraction of sp³-hybridized carbons (Fsp3) is 0.375. The van der Waals surface area contributed by atoms with Gasteiger partial charge in [-0.25, -0.2) is 4.98 Å². The number of hydrogen-bond acceptors (Lipinski definition) is 6. The fourth-order valence-corrected chi connectivity index (χ4v) is 2.37. The van der Waals surface area contributed by atoms with Crippen LogP contribution in [0.4, 0.5) is 5.95 Å². The van der Waals surface area contributed by atoms with Gasteiger partial charge >= 0.3 is 0 Å². The lowest BCUT2D eigenvalue weighted by atomic mass is 10.1. The molecule has 1 aromatic heterocycles. The number of hydrogen-bond donors (Lipinski definition) is 4. The van der Waals surface area contributed by atoms with Crippen LogP contribution in [0.3, 0.4) is 0 Å². The van der Waals surface area contributed by atoms with Crippen LogP contribution in [0.15, 0.2) is 24.3 Å². The summed E-state index contributed by atoms with van der Waals surface area (Å²) in [6.07, 6.45) is 4.28. The van der Waals surface area contributed by atoms with Crippen molar-refractivity contribution < 1.29 is 14.6 Å². The summed E-state index contributed by atoms with van der Waals surface area (Å²) < 4.78 is 7.68. The molecule has 8 heteroatoms. The zero-order valence-electron chi connectivity index (χ0n) is 13.7. The fourth-order valence-electron chi connectivity index (χ4n) is 2.37. The number of carbonyl (C=O) groups is 1. The molecular weight excluding hydrogens is 310 g/mol. The third-order valence-electron chi connectivity index (χ3n) is 3.47. The molecule has 0 atom stereocenters. The first-order valence-corrected chi connectivity index (χ1v) is 7.73. The first-order valence-electron chi connectivity index (χ1n) is 7.73. The topological polar surface area (TPSA) is 128 Å². The first kappa shape index (κ1) is 17.8. The number of aliphatic hydroxyl groups is 1. The molecule has 0 bridgehead atoms. The van der Waals surface area contributed by atoms with Gasteiger partial charge in [0.25, 0.3) is 0 Å². The summed E-state index contributed by atoms with van der Waals surface area (Å²) >= 11 is 0. The summed E-state index contributed by atoms with van der Waals surface area (Å²) in [4.78, 5) is 16.0. The SMILES string of the molecule is CNc1nc2cc(C(N)=O)cc(OCCCO)c2n1C/C=C/CN. The number of rotatable bonds is 9. The van der Waals surface area contributed by atoms with Crippen molar-refractivity contribution >= 4 is 22.9 Å². The van der Waals surface area contributed by atoms with Crippen molar-refractivity contribution in [2.45, 2.75) is 13.0 Å². The van der Waals surface area contributed by atoms with Crippen LogP contribution in [0.25, 0.3) is 11.0 Å². The van der Waals surface area contributed by atoms with Crippen LogP contribution in [-0.4, -0.2) is 47.4 Å². The van der Waals surface area contributed by atoms with Gasteiger partial charge in [0, 0.05) is 38.7 Å². The van der Waals surface area contributed by atoms with Gasteiger partial charge in [-0.2, -0.15) is 0 Å². The number of benzene rings is 1. The van der Waals surface area contributed by atoms with Crippen molar-refractivity contribution in [3.05, 3.63) is 29.8 Å². The van der Waals surface area contributed by atoms with Gasteiger partial charge in [0.2, 0.25) is 11.9 Å². The molecule has 0 fully saturated rings. The lowest BCUT2D eigenvalue weighted by Gasteiger charge is -2.11. The maximum Gasteiger partial charge on any atom is 0.248 e. The molecule has 0 unspecified atom stereocenters. The minimum absolute atomic E-state index is 0.0267. The van der Waals surface area contributed by atoms with E-state index in [4.69, 9.17) is 21.3 Å². The number of anilines is 1. The van der Waals surface area contributed by atoms with E-state index in [0.717, 1.165) is 5.52 Å². The maximum atomic E-state index is 11.6. The van der Waals surface area contributed by atoms with E-state index < -0.39 is 5.91 Å². The molecule has 1 heterocycles. The molecular formula is C16H23N5O3. The largest absolute Gasteiger partial charge is 0.491 e. The predicted octanol–water partition coefficient (Wildman–Crippen LogP) is 0.453. The van der Waals surface area contributed by atoms with E-state index in [9.17, 15) is 4.79 Å². The Kier molecular flexibility index (Phi) is 6.16. The Morgan fingerprint density at radius 2 is 2.25 bits per heavy atom. The third kappa shape index (κ3) is 3.84. The summed E-state index contributed by atoms with van der Waals surface area (Å²) in [5, 5.41) is 12.0. The van der Waals surface area contributed by atoms with Crippen molar-refractivity contribution in [3.63, 3.8) is 0 Å². The van der Waals surface area contributed by atoms with E-state index in [0.29, 0.717) is 48.9 Å². The monoisotopic (exact) mass is 333 g/mol. The van der Waals surface area contributed by atoms with Crippen molar-refractivity contribution in [2.75, 3.05) is 32.1 Å². The molecule has 0 saturated carbocycles. The third-order valence-corrected chi connectivity index (χ3v) is 3.47. The summed E-state index contributed by atoms with van der Waals surface area (Å²) in [7, 11) is 1.77. The summed E-state index contributed by atoms with van der Waals surface area (Å²) in [6, 6.07) is 3.24. The summed E-state index contributed by atoms with van der Waals surface area (Å²) in [5.74, 6) is 0.595. The van der Waals surface area contributed by atoms with Crippen LogP contribution >= 0.6 is 0 Å². The number of amides is 1. The molecule has 2 aromatic rings. The average Bonchev–Trinajstić information content (AvgIpc) is 2.93. The molecule has 0 radical (unpaired) electrons. The second-order valence-corrected chi connectivity index (χ2v) is 5.14. The van der Waals surface area contributed by atoms with Crippen LogP contribution in [0.2, 0.25) is 0 Å². The maximum absolute atomic E-state index is 11.6. The van der Waals surface area contributed by atoms with E-state index in [2.05, 4.69) is 10.3 Å². The summed E-state index contributed by atoms with van der Waals surface area (Å²) in [5.41, 5.74) is 12.6. The number of allylic oxidation sites excluding steroid dienone is 1. The van der Waals surface area contributed by atoms with Crippen molar-refractivity contribution in [1.82, 2.24) is 9.55 Å². The van der Waals surface area contributed by atoms with Crippen LogP contribution in [0.5, 0.6) is 5.75 Å². The Labute approximate surface area is 140 Å². The second-order valence-electron chi connectivity index (χ2n) is 5.14. The Hall–Kier alpha value is -2.58. The molecule has 6 N–H and O–H groups in total. The van der Waals surface area contributed by atoms with Gasteiger partial charge in [0.15, 0.2) is 0 Å². The van der Waals surface area contributed by atoms with Gasteiger partial charge in [0.05, 0.1) is 12.1 Å². The molecule has 0 aliphatic carbocycles. The molecule has 0 aliphatic heterocycles. The molecule has 0 aliphatic rings. The highest BCUT2D eigenvalue weighted by molar-refractivity contribution is 5.98. The molecule has 2 rings (SSSR count). The molecule has 24 heavy (non-hydrogen) atoms. The minimum Gasteiger partial charge on any atom is -0.491 e. The number of fused-ring (bicyclic) bond motifs is 1. The summed E-state index contributed by atoms with van der Waals surface area (Å²) in [6.45, 7) is 1.36. The highest BCUT2D eigenvalue weighted by atomic mass is 16.5. The van der Waals surface area contributed by atoms with Crippen LogP contribution in [0, 0.1) is 0 Å². The number of ether oxygens (including phenoxy) is 1. The van der Waals surface area contributed by atoms with Gasteiger partial charge in [0.1, 0.15) is 11.3 Å². The van der Waals surface area contributed by atoms with E-state index >= 15 is 0 Å². The molecule has 1 amide bonds. The van der Waals surface area contributed by atoms with Crippen molar-refractivity contribution in [1.29, 1.82) is 0 Å². The van der Waals surface area contributed by atoms with Gasteiger partial charge < -0.3 is 31.2 Å². The number of carbonyl (C=O) groups excluding carboxylic acids is 1. The van der Waals surface area contributed by atoms with E-state index in [1.807, 2.05) is 16.7 Å². The smallest absolute Gasteiger partial charge is 0.248 e. The minimum atomic E-state index is -0.549. The number of nitrogens with zero attached hydrogens (tertiary/aromatic N) is 2. The quantitative estimate of drug-likeness (QED) is 0.390. The lowest BCUT2D eigenvalue weighted by molar-refractivity contribution is 0.1000. The number of aromatic nitrogens is 2. The molecule has 8 nitrogen and oxygen atoms in total. The van der Waals surface area contributed by atoms with E-state index in [1.165, 1.54) is 0 Å². The van der Waals surface area contributed by atoms with Gasteiger partial charge in [-0.3, -0.25) is 4.79 Å². The number of imidazole rings is 1. The normalized spacial score (nSPS) is 11.3. The molecule has 130 valence electrons. The van der Waals surface area contributed by atoms with Gasteiger partial charge in [-0.05, 0) is 12.1 Å². The second kappa shape index (κ2) is 8.32. The molecule has 0 spiro atoms. The van der Waals surface area contributed by atoms with Crippen LogP contribution in [0.1, 0.15) is 16.8 Å². The number of aliphatic hydroxyl groups excluding tert-OH is 1. The predicted molar refractivity (Wildman–Crippen MR) is 93.2 cm³/mol. The van der Waals surface area contributed by atoms with Crippen molar-refractivity contribution in [3.8, 4) is 5.75 Å². The number of nitrogens with one attached hydrogen (secondary N) is 1. The van der Waals surface area contributed by atoms with E-state index in [1.54, 1.807) is 19.2 Å². The highest BCUT2D eigenvalue weighted by Gasteiger charge is 2.17. The average molecular weight is 333 g/mol. The highest BCUT2D eigenvalue weighted by Crippen LogP contribution is 2.30. The van der Waals surface area contributed by atoms with Gasteiger partial charge in [-0.15, -0.1) is 0 Å². The van der Waals surface area contributed by atoms with E-state index in [-0.39, 0.29) is 6.61 Å². The zero-order valence-corrected chi connectivity index (χ0v) is 13.7. The zero-order chi connectivity index (χ0) is 17.5.